The van der Waals surface area contributed by atoms with Crippen molar-refractivity contribution in [1.29, 1.82) is 0 Å². The van der Waals surface area contributed by atoms with Crippen LogP contribution < -0.4 is 0 Å². The van der Waals surface area contributed by atoms with E-state index in [1.807, 2.05) is 6.92 Å². The third-order valence-corrected chi connectivity index (χ3v) is 2.81. The molecule has 2 heteroatoms. The number of likely N-dealkylation sites (tertiary alicyclic amines) is 1. The van der Waals surface area contributed by atoms with Gasteiger partial charge in [-0.05, 0) is 33.2 Å². The van der Waals surface area contributed by atoms with E-state index in [0.29, 0.717) is 5.54 Å². The highest BCUT2D eigenvalue weighted by Crippen LogP contribution is 2.28. The van der Waals surface area contributed by atoms with Crippen molar-refractivity contribution in [3.8, 4) is 0 Å². The van der Waals surface area contributed by atoms with Crippen molar-refractivity contribution in [1.82, 2.24) is 4.90 Å². The van der Waals surface area contributed by atoms with Crippen LogP contribution in [0.3, 0.4) is 0 Å². The van der Waals surface area contributed by atoms with Crippen LogP contribution in [0.5, 0.6) is 0 Å². The summed E-state index contributed by atoms with van der Waals surface area (Å²) in [6, 6.07) is 0. The van der Waals surface area contributed by atoms with Gasteiger partial charge in [0.1, 0.15) is 6.29 Å². The fraction of sp³-hybridized carbons (Fsp3) is 0.900. The SMILES string of the molecule is CC(C=O)CN1CCCC1(C)C. The summed E-state index contributed by atoms with van der Waals surface area (Å²) in [5.74, 6) is 0.183. The molecular weight excluding hydrogens is 150 g/mol. The average Bonchev–Trinajstić information content (AvgIpc) is 2.31. The molecule has 1 atom stereocenters. The molecule has 2 nitrogen and oxygen atoms in total. The summed E-state index contributed by atoms with van der Waals surface area (Å²) in [4.78, 5) is 12.9. The monoisotopic (exact) mass is 169 g/mol. The molecule has 0 aromatic carbocycles. The zero-order valence-corrected chi connectivity index (χ0v) is 8.34. The van der Waals surface area contributed by atoms with Gasteiger partial charge in [-0.3, -0.25) is 4.90 Å². The number of carbonyl (C=O) groups excluding carboxylic acids is 1. The molecule has 12 heavy (non-hydrogen) atoms. The van der Waals surface area contributed by atoms with Crippen molar-refractivity contribution in [3.63, 3.8) is 0 Å². The average molecular weight is 169 g/mol. The minimum absolute atomic E-state index is 0.183. The van der Waals surface area contributed by atoms with Gasteiger partial charge in [0.15, 0.2) is 0 Å². The third kappa shape index (κ3) is 2.07. The maximum atomic E-state index is 10.5. The number of rotatable bonds is 3. The number of hydrogen-bond acceptors (Lipinski definition) is 2. The molecule has 0 aromatic rings. The van der Waals surface area contributed by atoms with Crippen LogP contribution in [0.25, 0.3) is 0 Å². The minimum atomic E-state index is 0.183. The Labute approximate surface area is 74.9 Å². The Bertz CT molecular complexity index is 165. The fourth-order valence-electron chi connectivity index (χ4n) is 1.89. The van der Waals surface area contributed by atoms with Crippen LogP contribution in [0.1, 0.15) is 33.6 Å². The van der Waals surface area contributed by atoms with Crippen molar-refractivity contribution in [2.75, 3.05) is 13.1 Å². The number of hydrogen-bond donors (Lipinski definition) is 0. The van der Waals surface area contributed by atoms with Crippen LogP contribution in [0.15, 0.2) is 0 Å². The Balaban J connectivity index is 2.46. The number of nitrogens with zero attached hydrogens (tertiary/aromatic N) is 1. The highest BCUT2D eigenvalue weighted by Gasteiger charge is 2.32. The molecule has 0 N–H and O–H groups in total. The molecular formula is C10H19NO. The predicted molar refractivity (Wildman–Crippen MR) is 50.1 cm³/mol. The summed E-state index contributed by atoms with van der Waals surface area (Å²) >= 11 is 0. The van der Waals surface area contributed by atoms with Crippen LogP contribution >= 0.6 is 0 Å². The Morgan fingerprint density at radius 1 is 1.58 bits per heavy atom. The van der Waals surface area contributed by atoms with Crippen LogP contribution in [-0.4, -0.2) is 29.8 Å². The zero-order chi connectivity index (χ0) is 9.19. The molecule has 1 unspecified atom stereocenters. The molecule has 1 aliphatic heterocycles. The molecule has 0 aromatic heterocycles. The van der Waals surface area contributed by atoms with Gasteiger partial charge in [-0.15, -0.1) is 0 Å². The molecule has 0 aliphatic carbocycles. The van der Waals surface area contributed by atoms with E-state index in [-0.39, 0.29) is 5.92 Å². The maximum Gasteiger partial charge on any atom is 0.124 e. The summed E-state index contributed by atoms with van der Waals surface area (Å²) in [5, 5.41) is 0. The Morgan fingerprint density at radius 3 is 2.67 bits per heavy atom. The van der Waals surface area contributed by atoms with E-state index in [1.54, 1.807) is 0 Å². The molecule has 1 fully saturated rings. The predicted octanol–water partition coefficient (Wildman–Crippen LogP) is 1.70. The topological polar surface area (TPSA) is 20.3 Å². The minimum Gasteiger partial charge on any atom is -0.303 e. The van der Waals surface area contributed by atoms with Crippen LogP contribution in [0, 0.1) is 5.92 Å². The van der Waals surface area contributed by atoms with Gasteiger partial charge in [0.25, 0.3) is 0 Å². The van der Waals surface area contributed by atoms with Gasteiger partial charge in [-0.25, -0.2) is 0 Å². The molecule has 1 aliphatic rings. The summed E-state index contributed by atoms with van der Waals surface area (Å²) < 4.78 is 0. The lowest BCUT2D eigenvalue weighted by Crippen LogP contribution is -2.40. The zero-order valence-electron chi connectivity index (χ0n) is 8.34. The second kappa shape index (κ2) is 3.56. The largest absolute Gasteiger partial charge is 0.303 e. The van der Waals surface area contributed by atoms with E-state index in [0.717, 1.165) is 19.4 Å². The maximum absolute atomic E-state index is 10.5. The lowest BCUT2D eigenvalue weighted by molar-refractivity contribution is -0.111. The quantitative estimate of drug-likeness (QED) is 0.599. The molecule has 0 bridgehead atoms. The first kappa shape index (κ1) is 9.72. The molecule has 0 spiro atoms. The molecule has 0 amide bonds. The first-order valence-electron chi connectivity index (χ1n) is 4.76. The molecule has 0 saturated carbocycles. The van der Waals surface area contributed by atoms with E-state index < -0.39 is 0 Å². The van der Waals surface area contributed by atoms with Gasteiger partial charge in [-0.1, -0.05) is 6.92 Å². The van der Waals surface area contributed by atoms with E-state index >= 15 is 0 Å². The summed E-state index contributed by atoms with van der Waals surface area (Å²) in [5.41, 5.74) is 0.317. The van der Waals surface area contributed by atoms with Gasteiger partial charge < -0.3 is 4.79 Å². The first-order chi connectivity index (χ1) is 5.56. The highest BCUT2D eigenvalue weighted by atomic mass is 16.1. The summed E-state index contributed by atoms with van der Waals surface area (Å²) in [6.45, 7) is 8.60. The third-order valence-electron chi connectivity index (χ3n) is 2.81. The number of carbonyl (C=O) groups is 1. The van der Waals surface area contributed by atoms with E-state index in [4.69, 9.17) is 0 Å². The van der Waals surface area contributed by atoms with Gasteiger partial charge in [-0.2, -0.15) is 0 Å². The van der Waals surface area contributed by atoms with Crippen molar-refractivity contribution in [2.24, 2.45) is 5.92 Å². The van der Waals surface area contributed by atoms with Crippen molar-refractivity contribution >= 4 is 6.29 Å². The van der Waals surface area contributed by atoms with Gasteiger partial charge in [0.05, 0.1) is 0 Å². The van der Waals surface area contributed by atoms with E-state index in [2.05, 4.69) is 18.7 Å². The normalized spacial score (nSPS) is 25.6. The molecule has 1 heterocycles. The summed E-state index contributed by atoms with van der Waals surface area (Å²) in [7, 11) is 0. The van der Waals surface area contributed by atoms with Crippen molar-refractivity contribution in [2.45, 2.75) is 39.2 Å². The molecule has 70 valence electrons. The molecule has 1 rings (SSSR count). The standard InChI is InChI=1S/C10H19NO/c1-9(8-12)7-11-6-4-5-10(11,2)3/h8-9H,4-7H2,1-3H3. The summed E-state index contributed by atoms with van der Waals surface area (Å²) in [6.07, 6.45) is 3.59. The lowest BCUT2D eigenvalue weighted by atomic mass is 10.0. The van der Waals surface area contributed by atoms with Crippen LogP contribution in [-0.2, 0) is 4.79 Å². The van der Waals surface area contributed by atoms with Crippen LogP contribution in [0.2, 0.25) is 0 Å². The lowest BCUT2D eigenvalue weighted by Gasteiger charge is -2.32. The first-order valence-corrected chi connectivity index (χ1v) is 4.76. The van der Waals surface area contributed by atoms with Gasteiger partial charge in [0.2, 0.25) is 0 Å². The fourth-order valence-corrected chi connectivity index (χ4v) is 1.89. The van der Waals surface area contributed by atoms with Crippen LogP contribution in [0.4, 0.5) is 0 Å². The smallest absolute Gasteiger partial charge is 0.124 e. The number of aldehydes is 1. The second-order valence-electron chi connectivity index (χ2n) is 4.48. The Kier molecular flexibility index (Phi) is 2.89. The second-order valence-corrected chi connectivity index (χ2v) is 4.48. The van der Waals surface area contributed by atoms with Gasteiger partial charge in [0, 0.05) is 18.0 Å². The Hall–Kier alpha value is -0.370. The van der Waals surface area contributed by atoms with Crippen molar-refractivity contribution in [3.05, 3.63) is 0 Å². The highest BCUT2D eigenvalue weighted by molar-refractivity contribution is 5.53. The van der Waals surface area contributed by atoms with E-state index in [1.165, 1.54) is 12.8 Å². The van der Waals surface area contributed by atoms with Gasteiger partial charge >= 0.3 is 0 Å². The molecule has 0 radical (unpaired) electrons. The molecule has 1 saturated heterocycles. The Morgan fingerprint density at radius 2 is 2.25 bits per heavy atom. The van der Waals surface area contributed by atoms with E-state index in [9.17, 15) is 4.79 Å². The van der Waals surface area contributed by atoms with Crippen molar-refractivity contribution < 1.29 is 4.79 Å².